The van der Waals surface area contributed by atoms with Gasteiger partial charge in [-0.2, -0.15) is 0 Å². The van der Waals surface area contributed by atoms with Crippen LogP contribution in [-0.4, -0.2) is 19.0 Å². The van der Waals surface area contributed by atoms with Crippen molar-refractivity contribution in [2.24, 2.45) is 0 Å². The zero-order chi connectivity index (χ0) is 31.8. The van der Waals surface area contributed by atoms with E-state index in [9.17, 15) is 0 Å². The second-order valence-corrected chi connectivity index (χ2v) is 10.7. The molecule has 4 heteroatoms. The fourth-order valence-corrected chi connectivity index (χ4v) is 4.02. The molecule has 0 unspecified atom stereocenters. The lowest BCUT2D eigenvalue weighted by Gasteiger charge is -2.10. The van der Waals surface area contributed by atoms with Gasteiger partial charge in [-0.3, -0.25) is 0 Å². The van der Waals surface area contributed by atoms with Crippen LogP contribution in [0.3, 0.4) is 0 Å². The van der Waals surface area contributed by atoms with E-state index < -0.39 is 0 Å². The van der Waals surface area contributed by atoms with Crippen LogP contribution in [0, 0.1) is 12.3 Å². The second kappa shape index (κ2) is 24.0. The van der Waals surface area contributed by atoms with Crippen molar-refractivity contribution in [3.63, 3.8) is 0 Å². The van der Waals surface area contributed by atoms with Gasteiger partial charge in [-0.15, -0.1) is 18.3 Å². The van der Waals surface area contributed by atoms with Gasteiger partial charge in [0, 0.05) is 35.6 Å². The van der Waals surface area contributed by atoms with Gasteiger partial charge < -0.3 is 16.0 Å². The summed E-state index contributed by atoms with van der Waals surface area (Å²) in [6, 6.07) is 27.3. The first-order chi connectivity index (χ1) is 20.2. The Labute approximate surface area is 261 Å². The van der Waals surface area contributed by atoms with Crippen LogP contribution < -0.4 is 10.6 Å². The molecule has 3 aromatic rings. The second-order valence-electron chi connectivity index (χ2n) is 9.61. The van der Waals surface area contributed by atoms with Crippen LogP contribution in [0.1, 0.15) is 63.8 Å². The summed E-state index contributed by atoms with van der Waals surface area (Å²) in [4.78, 5) is 1.31. The predicted molar refractivity (Wildman–Crippen MR) is 192 cm³/mol. The average molecular weight is 584 g/mol. The summed E-state index contributed by atoms with van der Waals surface area (Å²) in [5.74, 6) is 0.990. The van der Waals surface area contributed by atoms with E-state index in [1.165, 1.54) is 38.9 Å². The maximum atomic E-state index is 6.76. The quantitative estimate of drug-likeness (QED) is 0.0911. The van der Waals surface area contributed by atoms with E-state index in [1.807, 2.05) is 65.9 Å². The van der Waals surface area contributed by atoms with Crippen molar-refractivity contribution in [3.05, 3.63) is 143 Å². The monoisotopic (exact) mass is 583 g/mol. The van der Waals surface area contributed by atoms with E-state index in [0.29, 0.717) is 0 Å². The third-order valence-corrected chi connectivity index (χ3v) is 6.98. The van der Waals surface area contributed by atoms with Crippen molar-refractivity contribution in [2.45, 2.75) is 66.5 Å². The van der Waals surface area contributed by atoms with Crippen LogP contribution in [-0.2, 0) is 13.1 Å². The molecule has 0 atom stereocenters. The molecule has 0 aromatic heterocycles. The van der Waals surface area contributed by atoms with Gasteiger partial charge in [0.05, 0.1) is 0 Å². The van der Waals surface area contributed by atoms with Crippen LogP contribution in [0.25, 0.3) is 5.57 Å². The first-order valence-corrected chi connectivity index (χ1v) is 15.5. The van der Waals surface area contributed by atoms with Crippen molar-refractivity contribution in [1.29, 1.82) is 5.41 Å². The average Bonchev–Trinajstić information content (AvgIpc) is 3.01. The van der Waals surface area contributed by atoms with Gasteiger partial charge in [-0.05, 0) is 93.3 Å². The molecule has 0 saturated heterocycles. The normalized spacial score (nSPS) is 9.86. The van der Waals surface area contributed by atoms with E-state index in [2.05, 4.69) is 104 Å². The molecule has 0 heterocycles. The van der Waals surface area contributed by atoms with Crippen molar-refractivity contribution >= 4 is 23.5 Å². The first-order valence-electron chi connectivity index (χ1n) is 14.5. The fraction of sp³-hybridized carbons (Fsp3) is 0.289. The molecule has 3 N–H and O–H groups in total. The van der Waals surface area contributed by atoms with E-state index in [-0.39, 0.29) is 0 Å². The van der Waals surface area contributed by atoms with E-state index >= 15 is 0 Å². The molecule has 3 rings (SSSR count). The number of hydrogen-bond acceptors (Lipinski definition) is 4. The van der Waals surface area contributed by atoms with Gasteiger partial charge in [0.15, 0.2) is 0 Å². The lowest BCUT2D eigenvalue weighted by atomic mass is 10.0. The highest BCUT2D eigenvalue weighted by Crippen LogP contribution is 2.19. The Morgan fingerprint density at radius 1 is 0.833 bits per heavy atom. The minimum Gasteiger partial charge on any atom is -0.384 e. The Morgan fingerprint density at radius 3 is 1.86 bits per heavy atom. The molecule has 3 nitrogen and oxygen atoms in total. The smallest absolute Gasteiger partial charge is 0.0397 e. The molecular weight excluding hydrogens is 531 g/mol. The molecule has 0 aliphatic heterocycles. The largest absolute Gasteiger partial charge is 0.384 e. The minimum absolute atomic E-state index is 0.823. The zero-order valence-corrected chi connectivity index (χ0v) is 28.0. The Kier molecular flexibility index (Phi) is 22.0. The van der Waals surface area contributed by atoms with Gasteiger partial charge in [0.1, 0.15) is 0 Å². The Balaban J connectivity index is 0.000000727. The number of rotatable bonds is 11. The molecule has 226 valence electrons. The summed E-state index contributed by atoms with van der Waals surface area (Å²) in [6.07, 6.45) is 5.39. The molecule has 0 amide bonds. The van der Waals surface area contributed by atoms with Crippen LogP contribution in [0.15, 0.2) is 126 Å². The highest BCUT2D eigenvalue weighted by Gasteiger charge is 2.01. The zero-order valence-electron chi connectivity index (χ0n) is 27.2. The van der Waals surface area contributed by atoms with Crippen molar-refractivity contribution in [3.8, 4) is 0 Å². The topological polar surface area (TPSA) is 47.9 Å². The molecule has 0 saturated carbocycles. The highest BCUT2D eigenvalue weighted by atomic mass is 32.2. The summed E-state index contributed by atoms with van der Waals surface area (Å²) in [7, 11) is 1.96. The number of benzene rings is 3. The van der Waals surface area contributed by atoms with Gasteiger partial charge in [-0.1, -0.05) is 98.8 Å². The van der Waals surface area contributed by atoms with Gasteiger partial charge in [0.2, 0.25) is 0 Å². The van der Waals surface area contributed by atoms with Crippen LogP contribution in [0.2, 0.25) is 0 Å². The Bertz CT molecular complexity index is 1230. The van der Waals surface area contributed by atoms with E-state index in [1.54, 1.807) is 11.8 Å². The molecule has 0 fully saturated rings. The summed E-state index contributed by atoms with van der Waals surface area (Å²) in [5, 5.41) is 13.4. The molecule has 0 aliphatic carbocycles. The molecule has 3 aromatic carbocycles. The summed E-state index contributed by atoms with van der Waals surface area (Å²) in [5.41, 5.74) is 9.47. The van der Waals surface area contributed by atoms with Crippen molar-refractivity contribution in [1.82, 2.24) is 10.6 Å². The van der Waals surface area contributed by atoms with Crippen molar-refractivity contribution in [2.75, 3.05) is 12.8 Å². The van der Waals surface area contributed by atoms with Crippen LogP contribution in [0.4, 0.5) is 0 Å². The minimum atomic E-state index is 0.823. The number of aryl methyl sites for hydroxylation is 1. The fourth-order valence-electron chi connectivity index (χ4n) is 3.36. The maximum absolute atomic E-state index is 6.76. The predicted octanol–water partition coefficient (Wildman–Crippen LogP) is 10.4. The molecular formula is C38H53N3S. The lowest BCUT2D eigenvalue weighted by Crippen LogP contribution is -2.11. The highest BCUT2D eigenvalue weighted by molar-refractivity contribution is 7.99. The number of nitrogens with one attached hydrogen (secondary N) is 3. The third-order valence-electron chi connectivity index (χ3n) is 5.97. The van der Waals surface area contributed by atoms with Gasteiger partial charge in [0.25, 0.3) is 0 Å². The lowest BCUT2D eigenvalue weighted by molar-refractivity contribution is 0.802. The van der Waals surface area contributed by atoms with Gasteiger partial charge >= 0.3 is 0 Å². The molecule has 42 heavy (non-hydrogen) atoms. The van der Waals surface area contributed by atoms with Gasteiger partial charge in [-0.25, -0.2) is 0 Å². The number of thioether (sulfide) groups is 1. The van der Waals surface area contributed by atoms with E-state index in [4.69, 9.17) is 5.41 Å². The Morgan fingerprint density at radius 2 is 1.38 bits per heavy atom. The third kappa shape index (κ3) is 17.3. The van der Waals surface area contributed by atoms with Crippen LogP contribution >= 0.6 is 11.8 Å². The van der Waals surface area contributed by atoms with E-state index in [0.717, 1.165) is 35.7 Å². The molecule has 0 spiro atoms. The summed E-state index contributed by atoms with van der Waals surface area (Å²) < 4.78 is 0. The molecule has 0 aliphatic rings. The molecule has 0 bridgehead atoms. The summed E-state index contributed by atoms with van der Waals surface area (Å²) in [6.45, 7) is 23.7. The maximum Gasteiger partial charge on any atom is 0.0397 e. The summed E-state index contributed by atoms with van der Waals surface area (Å²) >= 11 is 1.80. The van der Waals surface area contributed by atoms with Crippen LogP contribution in [0.5, 0.6) is 0 Å². The number of hydrogen-bond donors (Lipinski definition) is 3. The first kappa shape index (κ1) is 38.4. The standard InChI is InChI=1S/C21H26N2.C9H10S.C6H11N.C2H6/c1-16-7-5-6-8-21(16)17(2)13-18(3)23-15-20-11-9-19(10-12-20)14-22-4;1-2-8-10-9-6-4-3-5-7-9;1-5(2)6(3)4-7;1-2/h5-13,22-23H,2,14-15H2,1,3-4H3;2-7H,1,8H2;4,7H,1-3H3;1-2H3/b18-13+;;;. The molecule has 0 radical (unpaired) electrons. The SMILES string of the molecule is C=C(/C=C(\C)NCc1ccc(CNC)cc1)c1ccccc1C.C=CCSc1ccccc1.CC.CC(C)=C(C)C=N. The van der Waals surface area contributed by atoms with Crippen molar-refractivity contribution < 1.29 is 0 Å². The Hall–Kier alpha value is -3.60. The number of allylic oxidation sites excluding steroid dienone is 5.